The van der Waals surface area contributed by atoms with E-state index >= 15 is 0 Å². The number of fused-ring (bicyclic) bond motifs is 4. The fraction of sp³-hybridized carbons (Fsp3) is 0.455. The lowest BCUT2D eigenvalue weighted by Crippen LogP contribution is -2.48. The van der Waals surface area contributed by atoms with Crippen LogP contribution in [0.2, 0.25) is 0 Å². The summed E-state index contributed by atoms with van der Waals surface area (Å²) in [5.74, 6) is -4.40. The number of carboxylic acids is 1. The Morgan fingerprint density at radius 2 is 1.07 bits per heavy atom. The van der Waals surface area contributed by atoms with Gasteiger partial charge in [-0.1, -0.05) is 25.6 Å². The van der Waals surface area contributed by atoms with Gasteiger partial charge in [0.15, 0.2) is 34.6 Å². The number of aromatic nitrogens is 4. The van der Waals surface area contributed by atoms with Crippen molar-refractivity contribution in [3.05, 3.63) is 107 Å². The average Bonchev–Trinajstić information content (AvgIpc) is 4.27. The fourth-order valence-electron chi connectivity index (χ4n) is 9.58. The van der Waals surface area contributed by atoms with E-state index in [-0.39, 0.29) is 66.7 Å². The molecule has 6 aromatic rings. The van der Waals surface area contributed by atoms with Gasteiger partial charge in [0.25, 0.3) is 11.7 Å². The SMILES string of the molecule is C.CC(C)n1ncc2ccc(C(=O)C(=O)N[C@H](CN3CCCC3)[C@H](O)c3cc(F)c4c(c3)OCCO4)cc21.CC(C)n1ncc2ccc(C(=O)C(=O)O)cc21.N[C@H](CN1CCCC1)[C@H](O)c1cc(F)c2c(c1)OCCO2. The molecule has 4 atom stereocenters. The number of hydrogen-bond donors (Lipinski definition) is 5. The number of carbonyl (C=O) groups excluding carboxylic acids is 3. The second kappa shape index (κ2) is 25.2. The minimum atomic E-state index is -1.44. The van der Waals surface area contributed by atoms with Crippen LogP contribution in [0.25, 0.3) is 21.8 Å². The number of nitrogens with one attached hydrogen (secondary N) is 1. The zero-order valence-corrected chi connectivity index (χ0v) is 42.4. The maximum absolute atomic E-state index is 14.7. The summed E-state index contributed by atoms with van der Waals surface area (Å²) in [7, 11) is 0. The Morgan fingerprint density at radius 1 is 0.632 bits per heavy atom. The van der Waals surface area contributed by atoms with Gasteiger partial charge in [-0.15, -0.1) is 0 Å². The molecular weight excluding hydrogens is 987 g/mol. The Hall–Kier alpha value is -7.04. The van der Waals surface area contributed by atoms with E-state index in [2.05, 4.69) is 25.3 Å². The molecule has 2 fully saturated rings. The van der Waals surface area contributed by atoms with E-state index in [4.69, 9.17) is 29.8 Å². The first-order valence-electron chi connectivity index (χ1n) is 25.3. The predicted molar refractivity (Wildman–Crippen MR) is 279 cm³/mol. The van der Waals surface area contributed by atoms with Gasteiger partial charge in [-0.3, -0.25) is 23.7 Å². The molecule has 2 saturated heterocycles. The number of nitrogens with two attached hydrogens (primary N) is 1. The quantitative estimate of drug-likeness (QED) is 0.0537. The van der Waals surface area contributed by atoms with Crippen LogP contribution in [-0.4, -0.2) is 146 Å². The molecule has 1 amide bonds. The van der Waals surface area contributed by atoms with Crippen molar-refractivity contribution in [3.8, 4) is 23.0 Å². The molecule has 0 radical (unpaired) electrons. The molecule has 0 unspecified atom stereocenters. The van der Waals surface area contributed by atoms with Crippen LogP contribution in [0.1, 0.15) is 117 Å². The van der Waals surface area contributed by atoms with Crippen LogP contribution in [0.15, 0.2) is 73.1 Å². The van der Waals surface area contributed by atoms with Gasteiger partial charge in [0.2, 0.25) is 5.78 Å². The minimum absolute atomic E-state index is 0. The van der Waals surface area contributed by atoms with Crippen LogP contribution < -0.4 is 30.0 Å². The molecule has 6 N–H and O–H groups in total. The second-order valence-electron chi connectivity index (χ2n) is 19.6. The third kappa shape index (κ3) is 13.1. The van der Waals surface area contributed by atoms with Gasteiger partial charge < -0.3 is 55.1 Å². The molecule has 19 nitrogen and oxygen atoms in total. The molecule has 0 aliphatic carbocycles. The summed E-state index contributed by atoms with van der Waals surface area (Å²) < 4.78 is 53.7. The van der Waals surface area contributed by atoms with Gasteiger partial charge in [-0.25, -0.2) is 13.6 Å². The van der Waals surface area contributed by atoms with Crippen LogP contribution in [0.3, 0.4) is 0 Å². The van der Waals surface area contributed by atoms with Crippen LogP contribution in [0.4, 0.5) is 8.78 Å². The first-order valence-corrected chi connectivity index (χ1v) is 25.3. The summed E-state index contributed by atoms with van der Waals surface area (Å²) in [6.45, 7) is 13.7. The monoisotopic (exact) mass is 1050 g/mol. The number of hydrogen-bond acceptors (Lipinski definition) is 15. The molecule has 6 heterocycles. The molecule has 4 aromatic carbocycles. The van der Waals surface area contributed by atoms with E-state index in [0.717, 1.165) is 60.8 Å². The number of rotatable bonds is 15. The van der Waals surface area contributed by atoms with Crippen molar-refractivity contribution in [3.63, 3.8) is 0 Å². The van der Waals surface area contributed by atoms with Gasteiger partial charge in [-0.2, -0.15) is 10.2 Å². The van der Waals surface area contributed by atoms with Crippen LogP contribution >= 0.6 is 0 Å². The van der Waals surface area contributed by atoms with E-state index in [9.17, 15) is 38.2 Å². The zero-order valence-electron chi connectivity index (χ0n) is 42.4. The van der Waals surface area contributed by atoms with Gasteiger partial charge in [0.05, 0.1) is 35.6 Å². The fourth-order valence-corrected chi connectivity index (χ4v) is 9.58. The Balaban J connectivity index is 0.000000182. The minimum Gasteiger partial charge on any atom is -0.486 e. The van der Waals surface area contributed by atoms with E-state index < -0.39 is 59.4 Å². The summed E-state index contributed by atoms with van der Waals surface area (Å²) in [5, 5.41) is 43.3. The highest BCUT2D eigenvalue weighted by atomic mass is 19.1. The first-order chi connectivity index (χ1) is 36.0. The number of aliphatic hydroxyl groups is 2. The number of Topliss-reactive ketones (excluding diaryl/α,β-unsaturated/α-hetero) is 2. The number of likely N-dealkylation sites (tertiary alicyclic amines) is 2. The lowest BCUT2D eigenvalue weighted by molar-refractivity contribution is -0.131. The smallest absolute Gasteiger partial charge is 0.377 e. The van der Waals surface area contributed by atoms with Crippen molar-refractivity contribution in [2.75, 3.05) is 65.7 Å². The molecule has 76 heavy (non-hydrogen) atoms. The summed E-state index contributed by atoms with van der Waals surface area (Å²) >= 11 is 0. The summed E-state index contributed by atoms with van der Waals surface area (Å²) in [5.41, 5.74) is 8.67. The third-order valence-corrected chi connectivity index (χ3v) is 13.4. The lowest BCUT2D eigenvalue weighted by atomic mass is 9.99. The number of nitrogens with zero attached hydrogens (tertiary/aromatic N) is 6. The summed E-state index contributed by atoms with van der Waals surface area (Å²) in [4.78, 5) is 52.6. The largest absolute Gasteiger partial charge is 0.486 e. The number of carbonyl (C=O) groups is 4. The van der Waals surface area contributed by atoms with E-state index in [1.807, 2.05) is 27.7 Å². The van der Waals surface area contributed by atoms with Crippen LogP contribution in [0.5, 0.6) is 23.0 Å². The maximum Gasteiger partial charge on any atom is 0.377 e. The summed E-state index contributed by atoms with van der Waals surface area (Å²) in [6.07, 6.45) is 5.59. The van der Waals surface area contributed by atoms with Gasteiger partial charge in [0.1, 0.15) is 32.5 Å². The maximum atomic E-state index is 14.7. The highest BCUT2D eigenvalue weighted by Crippen LogP contribution is 2.38. The molecule has 0 bridgehead atoms. The van der Waals surface area contributed by atoms with Crippen molar-refractivity contribution < 1.29 is 62.2 Å². The van der Waals surface area contributed by atoms with Crippen LogP contribution in [-0.2, 0) is 9.59 Å². The predicted octanol–water partition coefficient (Wildman–Crippen LogP) is 6.60. The standard InChI is InChI=1S/C27H31FN4O5.C15H21FN2O3.C12H12N2O3.CH4/c1-16(2)32-22-12-17(5-6-18(22)14-29-32)25(34)27(35)30-21(15-31-7-3-4-8-31)24(33)19-11-20(28)26-23(13-19)36-9-10-37-26;16-11-7-10(8-13-15(11)21-6-5-20-13)14(19)12(17)9-18-3-1-2-4-18;1-7(2)14-10-5-8(11(15)12(16)17)3-4-9(10)6-13-14;/h5-6,11-14,16,21,24,33H,3-4,7-10,15H2,1-2H3,(H,30,35);7-8,12,14,19H,1-6,9,17H2;3-7H,1-2H3,(H,16,17);1H4/t21-,24-;12-,14-;;/m11../s1. The molecular formula is C55H68F2N8O11. The number of carboxylic acid groups (broad SMARTS) is 1. The molecule has 4 aliphatic rings. The number of benzene rings is 4. The number of aliphatic carboxylic acids is 1. The van der Waals surface area contributed by atoms with Gasteiger partial charge in [0, 0.05) is 53.1 Å². The number of amides is 1. The molecule has 10 rings (SSSR count). The number of aliphatic hydroxyl groups excluding tert-OH is 2. The first kappa shape index (κ1) is 56.7. The molecule has 0 saturated carbocycles. The average molecular weight is 1060 g/mol. The van der Waals surface area contributed by atoms with Crippen molar-refractivity contribution in [1.82, 2.24) is 34.7 Å². The highest BCUT2D eigenvalue weighted by Gasteiger charge is 2.32. The van der Waals surface area contributed by atoms with Gasteiger partial charge in [-0.05, 0) is 133 Å². The molecule has 2 aromatic heterocycles. The normalized spacial score (nSPS) is 16.7. The Kier molecular flexibility index (Phi) is 18.8. The Labute approximate surface area is 439 Å². The third-order valence-electron chi connectivity index (χ3n) is 13.4. The second-order valence-corrected chi connectivity index (χ2v) is 19.6. The lowest BCUT2D eigenvalue weighted by Gasteiger charge is -2.29. The Morgan fingerprint density at radius 3 is 1.53 bits per heavy atom. The van der Waals surface area contributed by atoms with Crippen molar-refractivity contribution in [2.45, 2.75) is 97.2 Å². The van der Waals surface area contributed by atoms with Crippen molar-refractivity contribution in [2.24, 2.45) is 5.73 Å². The van der Waals surface area contributed by atoms with Gasteiger partial charge >= 0.3 is 5.97 Å². The molecule has 408 valence electrons. The Bertz CT molecular complexity index is 3020. The number of ketones is 2. The van der Waals surface area contributed by atoms with Crippen molar-refractivity contribution >= 4 is 45.2 Å². The molecule has 4 aliphatic heterocycles. The van der Waals surface area contributed by atoms with E-state index in [1.54, 1.807) is 58.2 Å². The van der Waals surface area contributed by atoms with Crippen LogP contribution in [0, 0.1) is 11.6 Å². The number of ether oxygens (including phenoxy) is 4. The van der Waals surface area contributed by atoms with Crippen molar-refractivity contribution in [1.29, 1.82) is 0 Å². The van der Waals surface area contributed by atoms with E-state index in [0.29, 0.717) is 37.6 Å². The number of halogens is 2. The topological polar surface area (TPSA) is 246 Å². The molecule has 21 heteroatoms. The van der Waals surface area contributed by atoms with E-state index in [1.165, 1.54) is 37.1 Å². The zero-order chi connectivity index (χ0) is 53.5. The molecule has 0 spiro atoms. The summed E-state index contributed by atoms with van der Waals surface area (Å²) in [6, 6.07) is 14.3. The highest BCUT2D eigenvalue weighted by molar-refractivity contribution is 6.43.